The normalized spacial score (nSPS) is 17.1. The van der Waals surface area contributed by atoms with Crippen molar-refractivity contribution in [1.29, 1.82) is 0 Å². The molecule has 3 aromatic heterocycles. The summed E-state index contributed by atoms with van der Waals surface area (Å²) < 4.78 is 7.58. The minimum absolute atomic E-state index is 0.00305. The summed E-state index contributed by atoms with van der Waals surface area (Å²) in [6, 6.07) is 18.0. The lowest BCUT2D eigenvalue weighted by atomic mass is 9.96. The molecule has 4 heterocycles. The van der Waals surface area contributed by atoms with Crippen LogP contribution in [0.15, 0.2) is 73.1 Å². The second-order valence-corrected chi connectivity index (χ2v) is 9.24. The van der Waals surface area contributed by atoms with Crippen LogP contribution in [0.25, 0.3) is 5.69 Å². The number of hydrogen-bond acceptors (Lipinski definition) is 6. The summed E-state index contributed by atoms with van der Waals surface area (Å²) in [5.74, 6) is 0.547. The van der Waals surface area contributed by atoms with Crippen LogP contribution in [0.2, 0.25) is 0 Å². The Bertz CT molecular complexity index is 1460. The lowest BCUT2D eigenvalue weighted by Gasteiger charge is -2.28. The van der Waals surface area contributed by atoms with Crippen LogP contribution < -0.4 is 10.1 Å². The van der Waals surface area contributed by atoms with Gasteiger partial charge in [0.05, 0.1) is 47.7 Å². The Labute approximate surface area is 219 Å². The van der Waals surface area contributed by atoms with Crippen molar-refractivity contribution in [1.82, 2.24) is 24.8 Å². The van der Waals surface area contributed by atoms with Crippen molar-refractivity contribution < 1.29 is 9.66 Å². The number of aromatic nitrogens is 3. The predicted molar refractivity (Wildman–Crippen MR) is 144 cm³/mol. The highest BCUT2D eigenvalue weighted by Crippen LogP contribution is 2.43. The zero-order valence-corrected chi connectivity index (χ0v) is 21.5. The van der Waals surface area contributed by atoms with E-state index < -0.39 is 4.92 Å². The van der Waals surface area contributed by atoms with Crippen LogP contribution in [-0.4, -0.2) is 36.6 Å². The van der Waals surface area contributed by atoms with Crippen molar-refractivity contribution in [2.24, 2.45) is 0 Å². The van der Waals surface area contributed by atoms with Gasteiger partial charge in [0.1, 0.15) is 5.75 Å². The molecular formula is C27H26N6O3S. The van der Waals surface area contributed by atoms with Crippen LogP contribution in [0.3, 0.4) is 0 Å². The van der Waals surface area contributed by atoms with Crippen molar-refractivity contribution >= 4 is 23.0 Å². The number of pyridine rings is 2. The zero-order valence-electron chi connectivity index (χ0n) is 20.7. The van der Waals surface area contributed by atoms with Crippen LogP contribution in [-0.2, 0) is 6.54 Å². The lowest BCUT2D eigenvalue weighted by molar-refractivity contribution is -0.384. The first-order chi connectivity index (χ1) is 17.9. The maximum Gasteiger partial charge on any atom is 0.271 e. The smallest absolute Gasteiger partial charge is 0.271 e. The second kappa shape index (κ2) is 9.98. The van der Waals surface area contributed by atoms with Gasteiger partial charge in [-0.15, -0.1) is 0 Å². The van der Waals surface area contributed by atoms with Gasteiger partial charge in [-0.3, -0.25) is 20.1 Å². The highest BCUT2D eigenvalue weighted by molar-refractivity contribution is 7.80. The monoisotopic (exact) mass is 514 g/mol. The standard InChI is InChI=1S/C27H26N6O3S/c1-17-14-21(18(2)32(17)23-15-20(33(34)35)10-11-24(23)36-3)26-25(22-9-5-7-13-29-22)30-27(37)31(26)16-19-8-4-6-12-28-19/h4-15,25-26H,16H2,1-3H3,(H,30,37). The SMILES string of the molecule is COc1ccc([N+](=O)[O-])cc1-n1c(C)cc(C2C(c3ccccn3)NC(=S)N2Cc2ccccn2)c1C. The number of nitrogens with zero attached hydrogens (tertiary/aromatic N) is 5. The Hall–Kier alpha value is -4.31. The first-order valence-corrected chi connectivity index (χ1v) is 12.2. The highest BCUT2D eigenvalue weighted by Gasteiger charge is 2.41. The number of methoxy groups -OCH3 is 1. The van der Waals surface area contributed by atoms with Crippen molar-refractivity contribution in [3.05, 3.63) is 112 Å². The van der Waals surface area contributed by atoms with Gasteiger partial charge in [0.25, 0.3) is 5.69 Å². The number of thiocarbonyl (C=S) groups is 1. The molecule has 37 heavy (non-hydrogen) atoms. The topological polar surface area (TPSA) is 98.3 Å². The summed E-state index contributed by atoms with van der Waals surface area (Å²) >= 11 is 5.81. The van der Waals surface area contributed by atoms with E-state index in [-0.39, 0.29) is 17.8 Å². The molecule has 0 aliphatic carbocycles. The fraction of sp³-hybridized carbons (Fsp3) is 0.222. The van der Waals surface area contributed by atoms with E-state index in [0.717, 1.165) is 28.3 Å². The second-order valence-electron chi connectivity index (χ2n) is 8.85. The number of benzene rings is 1. The Morgan fingerprint density at radius 2 is 1.84 bits per heavy atom. The molecule has 1 aliphatic heterocycles. The van der Waals surface area contributed by atoms with Crippen LogP contribution in [0.5, 0.6) is 5.75 Å². The van der Waals surface area contributed by atoms with Crippen molar-refractivity contribution in [2.45, 2.75) is 32.5 Å². The third-order valence-electron chi connectivity index (χ3n) is 6.66. The molecule has 5 rings (SSSR count). The molecule has 2 unspecified atom stereocenters. The molecule has 2 atom stereocenters. The van der Waals surface area contributed by atoms with Crippen molar-refractivity contribution in [2.75, 3.05) is 7.11 Å². The Balaban J connectivity index is 1.66. The number of rotatable bonds is 7. The van der Waals surface area contributed by atoms with Crippen molar-refractivity contribution in [3.63, 3.8) is 0 Å². The third-order valence-corrected chi connectivity index (χ3v) is 7.01. The van der Waals surface area contributed by atoms with Gasteiger partial charge in [0.2, 0.25) is 0 Å². The number of aryl methyl sites for hydroxylation is 1. The zero-order chi connectivity index (χ0) is 26.1. The molecule has 1 aliphatic rings. The molecule has 1 aromatic carbocycles. The van der Waals surface area contributed by atoms with Crippen LogP contribution >= 0.6 is 12.2 Å². The molecule has 4 aromatic rings. The van der Waals surface area contributed by atoms with E-state index >= 15 is 0 Å². The average molecular weight is 515 g/mol. The molecule has 9 nitrogen and oxygen atoms in total. The fourth-order valence-corrected chi connectivity index (χ4v) is 5.31. The number of nitrogens with one attached hydrogen (secondary N) is 1. The first kappa shape index (κ1) is 24.4. The number of nitro groups is 1. The first-order valence-electron chi connectivity index (χ1n) is 11.8. The van der Waals surface area contributed by atoms with Crippen LogP contribution in [0.4, 0.5) is 5.69 Å². The van der Waals surface area contributed by atoms with Gasteiger partial charge in [0, 0.05) is 35.9 Å². The number of ether oxygens (including phenoxy) is 1. The molecule has 1 saturated heterocycles. The van der Waals surface area contributed by atoms with E-state index in [9.17, 15) is 10.1 Å². The summed E-state index contributed by atoms with van der Waals surface area (Å²) in [6.45, 7) is 4.51. The summed E-state index contributed by atoms with van der Waals surface area (Å²) in [7, 11) is 1.56. The van der Waals surface area contributed by atoms with Gasteiger partial charge in [-0.1, -0.05) is 12.1 Å². The molecule has 1 fully saturated rings. The lowest BCUT2D eigenvalue weighted by Crippen LogP contribution is -2.29. The van der Waals surface area contributed by atoms with E-state index in [0.29, 0.717) is 23.1 Å². The van der Waals surface area contributed by atoms with E-state index in [1.807, 2.05) is 54.8 Å². The number of nitro benzene ring substituents is 1. The van der Waals surface area contributed by atoms with E-state index in [4.69, 9.17) is 17.0 Å². The van der Waals surface area contributed by atoms with Gasteiger partial charge >= 0.3 is 0 Å². The molecular weight excluding hydrogens is 488 g/mol. The molecule has 0 spiro atoms. The van der Waals surface area contributed by atoms with Gasteiger partial charge < -0.3 is 19.5 Å². The largest absolute Gasteiger partial charge is 0.495 e. The average Bonchev–Trinajstić information content (AvgIpc) is 3.39. The summed E-state index contributed by atoms with van der Waals surface area (Å²) in [5.41, 5.74) is 5.25. The van der Waals surface area contributed by atoms with E-state index in [1.165, 1.54) is 6.07 Å². The Morgan fingerprint density at radius 1 is 1.08 bits per heavy atom. The molecule has 10 heteroatoms. The third kappa shape index (κ3) is 4.51. The summed E-state index contributed by atoms with van der Waals surface area (Å²) in [5, 5.41) is 15.6. The van der Waals surface area contributed by atoms with Gasteiger partial charge in [-0.2, -0.15) is 0 Å². The molecule has 188 valence electrons. The molecule has 0 radical (unpaired) electrons. The van der Waals surface area contributed by atoms with Crippen molar-refractivity contribution in [3.8, 4) is 11.4 Å². The van der Waals surface area contributed by atoms with Crippen LogP contribution in [0, 0.1) is 24.0 Å². The molecule has 1 N–H and O–H groups in total. The molecule has 0 saturated carbocycles. The van der Waals surface area contributed by atoms with Gasteiger partial charge in [-0.05, 0) is 68.0 Å². The maximum absolute atomic E-state index is 11.5. The highest BCUT2D eigenvalue weighted by atomic mass is 32.1. The minimum atomic E-state index is -0.400. The summed E-state index contributed by atoms with van der Waals surface area (Å²) in [4.78, 5) is 22.4. The van der Waals surface area contributed by atoms with E-state index in [2.05, 4.69) is 26.3 Å². The van der Waals surface area contributed by atoms with Crippen LogP contribution in [0.1, 0.15) is 40.4 Å². The number of hydrogen-bond donors (Lipinski definition) is 1. The minimum Gasteiger partial charge on any atom is -0.495 e. The summed E-state index contributed by atoms with van der Waals surface area (Å²) in [6.07, 6.45) is 3.54. The Morgan fingerprint density at radius 3 is 2.49 bits per heavy atom. The predicted octanol–water partition coefficient (Wildman–Crippen LogP) is 4.97. The molecule has 0 amide bonds. The quantitative estimate of drug-likeness (QED) is 0.210. The van der Waals surface area contributed by atoms with E-state index in [1.54, 1.807) is 31.6 Å². The van der Waals surface area contributed by atoms with Gasteiger partial charge in [-0.25, -0.2) is 0 Å². The molecule has 0 bridgehead atoms. The fourth-order valence-electron chi connectivity index (χ4n) is 5.00. The number of non-ortho nitro benzene ring substituents is 1. The maximum atomic E-state index is 11.5. The Kier molecular flexibility index (Phi) is 6.58. The van der Waals surface area contributed by atoms with Gasteiger partial charge in [0.15, 0.2) is 5.11 Å².